The molecule has 170 valence electrons. The first-order valence-corrected chi connectivity index (χ1v) is 11.3. The summed E-state index contributed by atoms with van der Waals surface area (Å²) in [5.41, 5.74) is 1.44. The predicted octanol–water partition coefficient (Wildman–Crippen LogP) is 2.78. The minimum Gasteiger partial charge on any atom is -0.495 e. The maximum absolute atomic E-state index is 13.5. The number of nitrogens with zero attached hydrogens (tertiary/aromatic N) is 5. The zero-order valence-electron chi connectivity index (χ0n) is 18.0. The molecule has 0 bridgehead atoms. The smallest absolute Gasteiger partial charge is 0.268 e. The minimum atomic E-state index is -4.13. The van der Waals surface area contributed by atoms with Gasteiger partial charge in [0.05, 0.1) is 32.0 Å². The second kappa shape index (κ2) is 7.81. The van der Waals surface area contributed by atoms with E-state index in [0.717, 1.165) is 5.39 Å². The third kappa shape index (κ3) is 3.53. The van der Waals surface area contributed by atoms with Crippen molar-refractivity contribution in [3.63, 3.8) is 0 Å². The molecule has 33 heavy (non-hydrogen) atoms. The number of aromatic nitrogens is 5. The normalized spacial score (nSPS) is 11.8. The molecule has 1 aromatic carbocycles. The van der Waals surface area contributed by atoms with Gasteiger partial charge in [-0.25, -0.2) is 13.4 Å². The van der Waals surface area contributed by atoms with Crippen molar-refractivity contribution in [2.45, 2.75) is 11.4 Å². The molecule has 5 aromatic rings. The highest BCUT2D eigenvalue weighted by Gasteiger charge is 2.28. The van der Waals surface area contributed by atoms with Crippen LogP contribution in [0.3, 0.4) is 0 Å². The SMILES string of the molecule is COc1ccc2ccn(C)c2c1S(=O)(=O)Nc1noc2cc(Cn3cccn3)nc(OC)c12. The molecule has 12 heteroatoms. The van der Waals surface area contributed by atoms with Gasteiger partial charge in [-0.3, -0.25) is 9.40 Å². The third-order valence-corrected chi connectivity index (χ3v) is 6.62. The van der Waals surface area contributed by atoms with Crippen molar-refractivity contribution in [1.82, 2.24) is 24.5 Å². The van der Waals surface area contributed by atoms with E-state index in [2.05, 4.69) is 20.0 Å². The largest absolute Gasteiger partial charge is 0.495 e. The van der Waals surface area contributed by atoms with Gasteiger partial charge in [-0.2, -0.15) is 5.10 Å². The van der Waals surface area contributed by atoms with E-state index in [0.29, 0.717) is 28.7 Å². The van der Waals surface area contributed by atoms with Crippen molar-refractivity contribution in [2.24, 2.45) is 7.05 Å². The first-order chi connectivity index (χ1) is 15.9. The van der Waals surface area contributed by atoms with E-state index in [4.69, 9.17) is 14.0 Å². The van der Waals surface area contributed by atoms with Crippen LogP contribution in [0.2, 0.25) is 0 Å². The van der Waals surface area contributed by atoms with Gasteiger partial charge in [0.25, 0.3) is 10.0 Å². The molecule has 0 aliphatic heterocycles. The van der Waals surface area contributed by atoms with Crippen LogP contribution in [-0.4, -0.2) is 47.1 Å². The number of anilines is 1. The molecule has 11 nitrogen and oxygen atoms in total. The molecular formula is C21H20N6O5S. The standard InChI is InChI=1S/C21H20N6O5S/c1-26-10-7-13-5-6-15(30-2)19(18(13)26)33(28,29)25-20-17-16(32-24-20)11-14(23-21(17)31-3)12-27-9-4-8-22-27/h4-11H,12H2,1-3H3,(H,24,25). The van der Waals surface area contributed by atoms with Gasteiger partial charge in [-0.05, 0) is 24.3 Å². The number of ether oxygens (including phenoxy) is 2. The van der Waals surface area contributed by atoms with E-state index in [1.807, 2.05) is 6.07 Å². The number of benzene rings is 1. The Labute approximate surface area is 188 Å². The molecule has 5 rings (SSSR count). The lowest BCUT2D eigenvalue weighted by molar-refractivity contribution is 0.400. The summed E-state index contributed by atoms with van der Waals surface area (Å²) in [4.78, 5) is 4.47. The van der Waals surface area contributed by atoms with Crippen LogP contribution in [-0.2, 0) is 23.6 Å². The van der Waals surface area contributed by atoms with E-state index in [-0.39, 0.29) is 22.3 Å². The highest BCUT2D eigenvalue weighted by molar-refractivity contribution is 7.93. The van der Waals surface area contributed by atoms with Gasteiger partial charge in [0, 0.05) is 37.1 Å². The van der Waals surface area contributed by atoms with Gasteiger partial charge >= 0.3 is 0 Å². The topological polar surface area (TPSA) is 126 Å². The molecule has 0 radical (unpaired) electrons. The van der Waals surface area contributed by atoms with Gasteiger partial charge in [-0.15, -0.1) is 0 Å². The van der Waals surface area contributed by atoms with Crippen LogP contribution in [0.15, 0.2) is 58.3 Å². The van der Waals surface area contributed by atoms with Crippen molar-refractivity contribution in [3.8, 4) is 11.6 Å². The van der Waals surface area contributed by atoms with Gasteiger partial charge in [0.2, 0.25) is 5.88 Å². The molecular weight excluding hydrogens is 448 g/mol. The van der Waals surface area contributed by atoms with Crippen LogP contribution in [0.4, 0.5) is 5.82 Å². The first kappa shape index (κ1) is 20.8. The summed E-state index contributed by atoms with van der Waals surface area (Å²) in [6.07, 6.45) is 5.25. The molecule has 0 spiro atoms. The maximum atomic E-state index is 13.5. The Morgan fingerprint density at radius 3 is 2.73 bits per heavy atom. The molecule has 0 aliphatic carbocycles. The molecule has 0 aliphatic rings. The molecule has 1 N–H and O–H groups in total. The van der Waals surface area contributed by atoms with E-state index in [1.54, 1.807) is 59.2 Å². The van der Waals surface area contributed by atoms with Crippen molar-refractivity contribution < 1.29 is 22.4 Å². The van der Waals surface area contributed by atoms with Crippen LogP contribution >= 0.6 is 0 Å². The summed E-state index contributed by atoms with van der Waals surface area (Å²) in [5, 5.41) is 9.17. The lowest BCUT2D eigenvalue weighted by atomic mass is 10.2. The highest BCUT2D eigenvalue weighted by Crippen LogP contribution is 2.36. The number of hydrogen-bond donors (Lipinski definition) is 1. The molecule has 0 saturated carbocycles. The highest BCUT2D eigenvalue weighted by atomic mass is 32.2. The summed E-state index contributed by atoms with van der Waals surface area (Å²) in [6.45, 7) is 0.383. The number of pyridine rings is 1. The Morgan fingerprint density at radius 2 is 2.00 bits per heavy atom. The number of nitrogens with one attached hydrogen (secondary N) is 1. The fraction of sp³-hybridized carbons (Fsp3) is 0.190. The fourth-order valence-electron chi connectivity index (χ4n) is 3.77. The zero-order chi connectivity index (χ0) is 23.2. The first-order valence-electron chi connectivity index (χ1n) is 9.87. The Hall–Kier alpha value is -4.06. The quantitative estimate of drug-likeness (QED) is 0.386. The summed E-state index contributed by atoms with van der Waals surface area (Å²) in [7, 11) is 0.498. The number of aryl methyl sites for hydroxylation is 1. The Bertz CT molecular complexity index is 1570. The van der Waals surface area contributed by atoms with Gasteiger partial charge in [-0.1, -0.05) is 5.16 Å². The van der Waals surface area contributed by atoms with Crippen LogP contribution < -0.4 is 14.2 Å². The van der Waals surface area contributed by atoms with Gasteiger partial charge in [0.15, 0.2) is 16.3 Å². The van der Waals surface area contributed by atoms with E-state index >= 15 is 0 Å². The number of fused-ring (bicyclic) bond motifs is 2. The molecule has 0 atom stereocenters. The zero-order valence-corrected chi connectivity index (χ0v) is 18.8. The summed E-state index contributed by atoms with van der Waals surface area (Å²) in [5.74, 6) is 0.349. The average Bonchev–Trinajstić information content (AvgIpc) is 3.54. The summed E-state index contributed by atoms with van der Waals surface area (Å²) < 4.78 is 49.2. The summed E-state index contributed by atoms with van der Waals surface area (Å²) >= 11 is 0. The molecule has 4 aromatic heterocycles. The van der Waals surface area contributed by atoms with Crippen molar-refractivity contribution >= 4 is 37.7 Å². The van der Waals surface area contributed by atoms with Gasteiger partial charge in [0.1, 0.15) is 11.1 Å². The molecule has 0 unspecified atom stereocenters. The summed E-state index contributed by atoms with van der Waals surface area (Å²) in [6, 6.07) is 8.71. The fourth-order valence-corrected chi connectivity index (χ4v) is 5.20. The monoisotopic (exact) mass is 468 g/mol. The van der Waals surface area contributed by atoms with Crippen LogP contribution in [0, 0.1) is 0 Å². The number of sulfonamides is 1. The van der Waals surface area contributed by atoms with E-state index in [9.17, 15) is 8.42 Å². The number of methoxy groups -OCH3 is 2. The van der Waals surface area contributed by atoms with Crippen LogP contribution in [0.25, 0.3) is 21.9 Å². The second-order valence-electron chi connectivity index (χ2n) is 7.30. The molecule has 0 saturated heterocycles. The minimum absolute atomic E-state index is 0.00613. The molecule has 4 heterocycles. The van der Waals surface area contributed by atoms with Crippen molar-refractivity contribution in [2.75, 3.05) is 18.9 Å². The van der Waals surface area contributed by atoms with Crippen molar-refractivity contribution in [1.29, 1.82) is 0 Å². The van der Waals surface area contributed by atoms with E-state index < -0.39 is 10.0 Å². The molecule has 0 amide bonds. The molecule has 0 fully saturated rings. The predicted molar refractivity (Wildman–Crippen MR) is 120 cm³/mol. The Balaban J connectivity index is 1.60. The van der Waals surface area contributed by atoms with E-state index in [1.165, 1.54) is 14.2 Å². The third-order valence-electron chi connectivity index (χ3n) is 5.23. The van der Waals surface area contributed by atoms with Crippen LogP contribution in [0.1, 0.15) is 5.69 Å². The Morgan fingerprint density at radius 1 is 1.15 bits per heavy atom. The van der Waals surface area contributed by atoms with Crippen molar-refractivity contribution in [3.05, 3.63) is 54.6 Å². The van der Waals surface area contributed by atoms with Gasteiger partial charge < -0.3 is 18.6 Å². The van der Waals surface area contributed by atoms with Crippen LogP contribution in [0.5, 0.6) is 11.6 Å². The lowest BCUT2D eigenvalue weighted by Crippen LogP contribution is -2.16. The lowest BCUT2D eigenvalue weighted by Gasteiger charge is -2.13. The number of rotatable bonds is 7. The average molecular weight is 468 g/mol. The number of hydrogen-bond acceptors (Lipinski definition) is 8. The maximum Gasteiger partial charge on any atom is 0.268 e. The second-order valence-corrected chi connectivity index (χ2v) is 8.92. The Kier molecular flexibility index (Phi) is 4.93.